The molecule has 0 unspecified atom stereocenters. The van der Waals surface area contributed by atoms with E-state index in [1.807, 2.05) is 17.5 Å². The van der Waals surface area contributed by atoms with Gasteiger partial charge in [0.1, 0.15) is 0 Å². The van der Waals surface area contributed by atoms with Gasteiger partial charge < -0.3 is 5.73 Å². The number of hydrogen-bond donors (Lipinski definition) is 1. The normalized spacial score (nSPS) is 10.4. The van der Waals surface area contributed by atoms with E-state index in [0.717, 1.165) is 17.0 Å². The molecular weight excluding hydrogens is 216 g/mol. The quantitative estimate of drug-likeness (QED) is 0.797. The third-order valence-corrected chi connectivity index (χ3v) is 3.03. The molecule has 0 aliphatic rings. The zero-order valence-electron chi connectivity index (χ0n) is 7.40. The van der Waals surface area contributed by atoms with Crippen LogP contribution in [0, 0.1) is 0 Å². The van der Waals surface area contributed by atoms with Gasteiger partial charge in [0.15, 0.2) is 0 Å². The summed E-state index contributed by atoms with van der Waals surface area (Å²) < 4.78 is 0. The Morgan fingerprint density at radius 2 is 2.29 bits per heavy atom. The molecule has 0 atom stereocenters. The Bertz CT molecular complexity index is 426. The number of hydrogen-bond acceptors (Lipinski definition) is 3. The maximum Gasteiger partial charge on any atom is 0.0969 e. The Morgan fingerprint density at radius 3 is 2.93 bits per heavy atom. The van der Waals surface area contributed by atoms with Gasteiger partial charge in [-0.1, -0.05) is 17.7 Å². The topological polar surface area (TPSA) is 38.9 Å². The molecular formula is C10H9ClN2S. The van der Waals surface area contributed by atoms with Crippen molar-refractivity contribution < 1.29 is 0 Å². The average molecular weight is 225 g/mol. The molecule has 2 nitrogen and oxygen atoms in total. The van der Waals surface area contributed by atoms with E-state index in [-0.39, 0.29) is 0 Å². The smallest absolute Gasteiger partial charge is 0.0969 e. The largest absolute Gasteiger partial charge is 0.399 e. The van der Waals surface area contributed by atoms with Crippen LogP contribution in [0.2, 0.25) is 5.02 Å². The van der Waals surface area contributed by atoms with Crippen LogP contribution in [0.25, 0.3) is 0 Å². The van der Waals surface area contributed by atoms with E-state index in [4.69, 9.17) is 17.3 Å². The van der Waals surface area contributed by atoms with Gasteiger partial charge in [0.25, 0.3) is 0 Å². The molecule has 1 aromatic heterocycles. The first-order chi connectivity index (χ1) is 6.75. The van der Waals surface area contributed by atoms with E-state index >= 15 is 0 Å². The molecule has 0 fully saturated rings. The number of nitrogen functional groups attached to an aromatic ring is 1. The molecule has 0 aliphatic carbocycles. The number of nitrogens with two attached hydrogens (primary N) is 1. The fourth-order valence-corrected chi connectivity index (χ4v) is 2.11. The molecule has 72 valence electrons. The molecule has 1 heterocycles. The van der Waals surface area contributed by atoms with Crippen molar-refractivity contribution in [1.29, 1.82) is 0 Å². The molecule has 0 radical (unpaired) electrons. The second kappa shape index (κ2) is 3.98. The van der Waals surface area contributed by atoms with E-state index in [2.05, 4.69) is 4.98 Å². The highest BCUT2D eigenvalue weighted by Gasteiger charge is 2.03. The van der Waals surface area contributed by atoms with Gasteiger partial charge in [0, 0.05) is 28.7 Å². The van der Waals surface area contributed by atoms with Crippen molar-refractivity contribution in [3.05, 3.63) is 45.4 Å². The molecule has 14 heavy (non-hydrogen) atoms. The highest BCUT2D eigenvalue weighted by molar-refractivity contribution is 7.09. The van der Waals surface area contributed by atoms with Gasteiger partial charge in [-0.2, -0.15) is 0 Å². The Morgan fingerprint density at radius 1 is 1.43 bits per heavy atom. The highest BCUT2D eigenvalue weighted by atomic mass is 35.5. The van der Waals surface area contributed by atoms with E-state index in [1.54, 1.807) is 23.6 Å². The second-order valence-corrected chi connectivity index (χ2v) is 4.34. The summed E-state index contributed by atoms with van der Waals surface area (Å²) in [6, 6.07) is 5.57. The van der Waals surface area contributed by atoms with Crippen LogP contribution < -0.4 is 5.73 Å². The first-order valence-corrected chi connectivity index (χ1v) is 5.44. The monoisotopic (exact) mass is 224 g/mol. The molecule has 1 aromatic carbocycles. The Hall–Kier alpha value is -1.06. The van der Waals surface area contributed by atoms with Gasteiger partial charge in [-0.25, -0.2) is 4.98 Å². The van der Waals surface area contributed by atoms with Crippen LogP contribution in [0.5, 0.6) is 0 Å². The van der Waals surface area contributed by atoms with Crippen molar-refractivity contribution in [3.63, 3.8) is 0 Å². The number of nitrogens with zero attached hydrogens (tertiary/aromatic N) is 1. The molecule has 0 bridgehead atoms. The summed E-state index contributed by atoms with van der Waals surface area (Å²) in [5, 5.41) is 3.73. The molecule has 4 heteroatoms. The summed E-state index contributed by atoms with van der Waals surface area (Å²) in [6.45, 7) is 0. The first kappa shape index (κ1) is 9.49. The Kier molecular flexibility index (Phi) is 2.70. The standard InChI is InChI=1S/C10H9ClN2S/c11-9-6-8(12)2-1-7(9)5-10-13-3-4-14-10/h1-4,6H,5,12H2. The van der Waals surface area contributed by atoms with Crippen molar-refractivity contribution in [2.24, 2.45) is 0 Å². The van der Waals surface area contributed by atoms with Gasteiger partial charge in [0.05, 0.1) is 5.01 Å². The van der Waals surface area contributed by atoms with Crippen LogP contribution in [-0.2, 0) is 6.42 Å². The lowest BCUT2D eigenvalue weighted by molar-refractivity contribution is 1.14. The van der Waals surface area contributed by atoms with Crippen LogP contribution in [0.1, 0.15) is 10.6 Å². The SMILES string of the molecule is Nc1ccc(Cc2nccs2)c(Cl)c1. The Balaban J connectivity index is 2.25. The lowest BCUT2D eigenvalue weighted by atomic mass is 10.1. The van der Waals surface area contributed by atoms with Gasteiger partial charge >= 0.3 is 0 Å². The molecule has 2 aromatic rings. The van der Waals surface area contributed by atoms with Crippen molar-refractivity contribution in [3.8, 4) is 0 Å². The maximum absolute atomic E-state index is 6.04. The number of benzene rings is 1. The second-order valence-electron chi connectivity index (χ2n) is 2.95. The molecule has 0 saturated heterocycles. The number of thiazole rings is 1. The number of aromatic nitrogens is 1. The van der Waals surface area contributed by atoms with Crippen LogP contribution in [-0.4, -0.2) is 4.98 Å². The zero-order valence-corrected chi connectivity index (χ0v) is 8.98. The predicted octanol–water partition coefficient (Wildman–Crippen LogP) is 2.97. The highest BCUT2D eigenvalue weighted by Crippen LogP contribution is 2.22. The lowest BCUT2D eigenvalue weighted by Crippen LogP contribution is -1.90. The predicted molar refractivity (Wildman–Crippen MR) is 60.8 cm³/mol. The Labute approximate surface area is 91.4 Å². The minimum absolute atomic E-state index is 0.692. The van der Waals surface area contributed by atoms with Gasteiger partial charge in [-0.3, -0.25) is 0 Å². The minimum Gasteiger partial charge on any atom is -0.399 e. The zero-order chi connectivity index (χ0) is 9.97. The van der Waals surface area contributed by atoms with Gasteiger partial charge in [-0.05, 0) is 17.7 Å². The van der Waals surface area contributed by atoms with Crippen LogP contribution in [0.15, 0.2) is 29.8 Å². The van der Waals surface area contributed by atoms with E-state index in [9.17, 15) is 0 Å². The van der Waals surface area contributed by atoms with Gasteiger partial charge in [-0.15, -0.1) is 11.3 Å². The van der Waals surface area contributed by atoms with Crippen molar-refractivity contribution in [2.45, 2.75) is 6.42 Å². The summed E-state index contributed by atoms with van der Waals surface area (Å²) >= 11 is 7.67. The molecule has 0 amide bonds. The third-order valence-electron chi connectivity index (χ3n) is 1.90. The summed E-state index contributed by atoms with van der Waals surface area (Å²) in [6.07, 6.45) is 2.57. The van der Waals surface area contributed by atoms with Crippen molar-refractivity contribution >= 4 is 28.6 Å². The summed E-state index contributed by atoms with van der Waals surface area (Å²) in [7, 11) is 0. The van der Waals surface area contributed by atoms with Crippen LogP contribution >= 0.6 is 22.9 Å². The first-order valence-electron chi connectivity index (χ1n) is 4.18. The molecule has 0 saturated carbocycles. The van der Waals surface area contributed by atoms with E-state index < -0.39 is 0 Å². The van der Waals surface area contributed by atoms with E-state index in [0.29, 0.717) is 10.7 Å². The fraction of sp³-hybridized carbons (Fsp3) is 0.100. The average Bonchev–Trinajstić information content (AvgIpc) is 2.62. The number of halogens is 1. The van der Waals surface area contributed by atoms with E-state index in [1.165, 1.54) is 0 Å². The molecule has 0 aliphatic heterocycles. The van der Waals surface area contributed by atoms with Crippen molar-refractivity contribution in [2.75, 3.05) is 5.73 Å². The van der Waals surface area contributed by atoms with Crippen LogP contribution in [0.4, 0.5) is 5.69 Å². The summed E-state index contributed by atoms with van der Waals surface area (Å²) in [4.78, 5) is 4.20. The molecule has 2 rings (SSSR count). The van der Waals surface area contributed by atoms with Crippen molar-refractivity contribution in [1.82, 2.24) is 4.98 Å². The fourth-order valence-electron chi connectivity index (χ4n) is 1.21. The van der Waals surface area contributed by atoms with Gasteiger partial charge in [0.2, 0.25) is 0 Å². The summed E-state index contributed by atoms with van der Waals surface area (Å²) in [5.74, 6) is 0. The maximum atomic E-state index is 6.04. The minimum atomic E-state index is 0.692. The third kappa shape index (κ3) is 2.05. The van der Waals surface area contributed by atoms with Crippen LogP contribution in [0.3, 0.4) is 0 Å². The molecule has 0 spiro atoms. The lowest BCUT2D eigenvalue weighted by Gasteiger charge is -2.02. The number of anilines is 1. The summed E-state index contributed by atoms with van der Waals surface area (Å²) in [5.41, 5.74) is 7.36. The number of rotatable bonds is 2. The molecule has 2 N–H and O–H groups in total.